The molecule has 0 radical (unpaired) electrons. The fourth-order valence-corrected chi connectivity index (χ4v) is 6.43. The molecule has 1 spiro atoms. The standard InChI is InChI=1S/C25H24N2O7/c1-23(2,3)19(28)17(20(29)30)27-21(31)24-16(15-10-7-11-33-15)18(24)25(24,27)26-14(12-34-22(26)32)13-8-5-4-6-9-13/h4-11,14,16-18H,12H2,1-3H3,(H,29,30)/t14-,16+,17-,18+,24+,25+/m1/s1. The summed E-state index contributed by atoms with van der Waals surface area (Å²) in [7, 11) is 0. The lowest BCUT2D eigenvalue weighted by atomic mass is 9.77. The highest BCUT2D eigenvalue weighted by molar-refractivity contribution is 6.15. The van der Waals surface area contributed by atoms with Gasteiger partial charge in [-0.2, -0.15) is 0 Å². The maximum absolute atomic E-state index is 13.7. The van der Waals surface area contributed by atoms with Crippen molar-refractivity contribution >= 4 is 23.8 Å². The van der Waals surface area contributed by atoms with E-state index < -0.39 is 52.3 Å². The first kappa shape index (κ1) is 20.9. The van der Waals surface area contributed by atoms with Crippen LogP contribution in [0.1, 0.15) is 44.1 Å². The molecule has 176 valence electrons. The Bertz CT molecular complexity index is 1230. The Hall–Kier alpha value is -3.62. The highest BCUT2D eigenvalue weighted by atomic mass is 16.6. The average molecular weight is 464 g/mol. The van der Waals surface area contributed by atoms with Gasteiger partial charge in [-0.15, -0.1) is 0 Å². The molecule has 2 amide bonds. The first-order chi connectivity index (χ1) is 16.1. The van der Waals surface area contributed by atoms with Crippen LogP contribution in [0.5, 0.6) is 0 Å². The summed E-state index contributed by atoms with van der Waals surface area (Å²) in [5.74, 6) is -2.46. The van der Waals surface area contributed by atoms with Gasteiger partial charge in [0.2, 0.25) is 5.91 Å². The molecule has 2 aromatic rings. The van der Waals surface area contributed by atoms with E-state index in [1.807, 2.05) is 30.3 Å². The second-order valence-electron chi connectivity index (χ2n) is 10.5. The van der Waals surface area contributed by atoms with Crippen molar-refractivity contribution in [2.75, 3.05) is 6.61 Å². The lowest BCUT2D eigenvalue weighted by Gasteiger charge is -2.56. The van der Waals surface area contributed by atoms with E-state index in [-0.39, 0.29) is 18.4 Å². The lowest BCUT2D eigenvalue weighted by molar-refractivity contribution is -0.191. The molecule has 2 saturated carbocycles. The van der Waals surface area contributed by atoms with Gasteiger partial charge in [0.15, 0.2) is 11.8 Å². The van der Waals surface area contributed by atoms with Crippen LogP contribution in [-0.4, -0.2) is 57.0 Å². The van der Waals surface area contributed by atoms with Crippen LogP contribution in [0.25, 0.3) is 0 Å². The number of carboxylic acids is 1. The van der Waals surface area contributed by atoms with Crippen LogP contribution < -0.4 is 0 Å². The van der Waals surface area contributed by atoms with Crippen LogP contribution in [0.2, 0.25) is 0 Å². The first-order valence-electron chi connectivity index (χ1n) is 11.3. The van der Waals surface area contributed by atoms with Crippen LogP contribution in [0, 0.1) is 16.7 Å². The molecule has 34 heavy (non-hydrogen) atoms. The number of amides is 2. The minimum Gasteiger partial charge on any atom is -0.479 e. The van der Waals surface area contributed by atoms with Crippen molar-refractivity contribution < 1.29 is 33.4 Å². The number of β-lactam (4-membered cyclic amide) rings is 1. The number of hydrogen-bond acceptors (Lipinski definition) is 6. The molecule has 2 saturated heterocycles. The number of likely N-dealkylation sites (tertiary alicyclic amines) is 1. The molecule has 0 unspecified atom stereocenters. The van der Waals surface area contributed by atoms with E-state index in [1.54, 1.807) is 32.9 Å². The summed E-state index contributed by atoms with van der Waals surface area (Å²) in [6.45, 7) is 4.93. The molecular weight excluding hydrogens is 440 g/mol. The lowest BCUT2D eigenvalue weighted by Crippen LogP contribution is -2.76. The third-order valence-electron chi connectivity index (χ3n) is 7.86. The SMILES string of the molecule is CC(C)(C)C(=O)[C@H](C(=O)O)N1C(=O)[C@]23[C@@H](c4ccco4)[C@@H]2[C@]13N1C(=O)OC[C@@H]1c1ccccc1. The number of carbonyl (C=O) groups is 4. The second-order valence-corrected chi connectivity index (χ2v) is 10.5. The third kappa shape index (κ3) is 2.15. The fourth-order valence-electron chi connectivity index (χ4n) is 6.43. The summed E-state index contributed by atoms with van der Waals surface area (Å²) < 4.78 is 11.0. The van der Waals surface area contributed by atoms with Crippen LogP contribution in [-0.2, 0) is 19.1 Å². The van der Waals surface area contributed by atoms with Gasteiger partial charge in [0.1, 0.15) is 23.4 Å². The maximum Gasteiger partial charge on any atom is 0.412 e. The number of carboxylic acid groups (broad SMARTS) is 1. The summed E-state index contributed by atoms with van der Waals surface area (Å²) in [4.78, 5) is 55.0. The molecule has 6 rings (SSSR count). The number of carbonyl (C=O) groups excluding carboxylic acids is 3. The van der Waals surface area contributed by atoms with Gasteiger partial charge < -0.3 is 14.3 Å². The molecule has 4 fully saturated rings. The van der Waals surface area contributed by atoms with Gasteiger partial charge in [0.05, 0.1) is 12.3 Å². The van der Waals surface area contributed by atoms with Crippen molar-refractivity contribution in [2.24, 2.45) is 16.7 Å². The summed E-state index contributed by atoms with van der Waals surface area (Å²) in [5, 5.41) is 10.1. The van der Waals surface area contributed by atoms with Gasteiger partial charge >= 0.3 is 12.1 Å². The van der Waals surface area contributed by atoms with Crippen molar-refractivity contribution in [3.63, 3.8) is 0 Å². The fraction of sp³-hybridized carbons (Fsp3) is 0.440. The largest absolute Gasteiger partial charge is 0.479 e. The van der Waals surface area contributed by atoms with Crippen molar-refractivity contribution in [1.29, 1.82) is 0 Å². The van der Waals surface area contributed by atoms with Crippen molar-refractivity contribution in [3.05, 3.63) is 60.1 Å². The molecule has 2 aliphatic heterocycles. The summed E-state index contributed by atoms with van der Waals surface area (Å²) >= 11 is 0. The first-order valence-corrected chi connectivity index (χ1v) is 11.3. The number of furan rings is 1. The van der Waals surface area contributed by atoms with E-state index in [0.29, 0.717) is 5.76 Å². The van der Waals surface area contributed by atoms with Crippen LogP contribution in [0.15, 0.2) is 53.1 Å². The number of aliphatic carboxylic acids is 1. The Morgan fingerprint density at radius 3 is 2.38 bits per heavy atom. The molecular formula is C25H24N2O7. The highest BCUT2D eigenvalue weighted by Crippen LogP contribution is 2.98. The predicted molar refractivity (Wildman–Crippen MR) is 115 cm³/mol. The number of rotatable bonds is 6. The van der Waals surface area contributed by atoms with E-state index in [1.165, 1.54) is 11.2 Å². The van der Waals surface area contributed by atoms with E-state index in [0.717, 1.165) is 10.5 Å². The van der Waals surface area contributed by atoms with Crippen LogP contribution in [0.4, 0.5) is 4.79 Å². The number of cyclic esters (lactones) is 1. The number of fused-ring (bicyclic) bond motifs is 1. The van der Waals surface area contributed by atoms with E-state index in [9.17, 15) is 24.3 Å². The zero-order valence-electron chi connectivity index (χ0n) is 18.9. The zero-order valence-corrected chi connectivity index (χ0v) is 18.9. The number of piperidine rings is 1. The Kier molecular flexibility index (Phi) is 3.87. The molecule has 9 heteroatoms. The predicted octanol–water partition coefficient (Wildman–Crippen LogP) is 2.79. The van der Waals surface area contributed by atoms with Crippen molar-refractivity contribution in [3.8, 4) is 0 Å². The summed E-state index contributed by atoms with van der Waals surface area (Å²) in [5.41, 5.74) is -2.42. The molecule has 0 bridgehead atoms. The van der Waals surface area contributed by atoms with E-state index in [2.05, 4.69) is 0 Å². The van der Waals surface area contributed by atoms with Gasteiger partial charge in [-0.1, -0.05) is 51.1 Å². The number of ether oxygens (including phenoxy) is 1. The number of ketones is 1. The Morgan fingerprint density at radius 2 is 1.82 bits per heavy atom. The quantitative estimate of drug-likeness (QED) is 0.516. The smallest absolute Gasteiger partial charge is 0.412 e. The maximum atomic E-state index is 13.7. The third-order valence-corrected chi connectivity index (χ3v) is 7.86. The summed E-state index contributed by atoms with van der Waals surface area (Å²) in [6, 6.07) is 10.6. The second kappa shape index (κ2) is 6.28. The zero-order chi connectivity index (χ0) is 24.2. The van der Waals surface area contributed by atoms with E-state index >= 15 is 0 Å². The van der Waals surface area contributed by atoms with Crippen LogP contribution >= 0.6 is 0 Å². The minimum absolute atomic E-state index is 0.0752. The Balaban J connectivity index is 1.47. The molecule has 6 atom stereocenters. The van der Waals surface area contributed by atoms with Gasteiger partial charge in [-0.3, -0.25) is 19.4 Å². The van der Waals surface area contributed by atoms with Gasteiger partial charge in [-0.25, -0.2) is 9.59 Å². The molecule has 9 nitrogen and oxygen atoms in total. The van der Waals surface area contributed by atoms with Crippen molar-refractivity contribution in [1.82, 2.24) is 9.80 Å². The number of hydrogen-bond donors (Lipinski definition) is 1. The van der Waals surface area contributed by atoms with Crippen molar-refractivity contribution in [2.45, 2.75) is 44.4 Å². The van der Waals surface area contributed by atoms with Gasteiger partial charge in [0, 0.05) is 17.3 Å². The highest BCUT2D eigenvalue weighted by Gasteiger charge is 3.12. The minimum atomic E-state index is -1.70. The number of benzene rings is 1. The molecule has 2 aliphatic carbocycles. The Morgan fingerprint density at radius 1 is 1.12 bits per heavy atom. The molecule has 1 aromatic carbocycles. The molecule has 3 heterocycles. The summed E-state index contributed by atoms with van der Waals surface area (Å²) in [6.07, 6.45) is 0.898. The number of Topliss-reactive ketones (excluding diaryl/α,β-unsaturated/α-hetero) is 1. The Labute approximate surface area is 195 Å². The molecule has 1 aromatic heterocycles. The molecule has 4 aliphatic rings. The normalized spacial score (nSPS) is 34.0. The monoisotopic (exact) mass is 464 g/mol. The van der Waals surface area contributed by atoms with Gasteiger partial charge in [0.25, 0.3) is 0 Å². The van der Waals surface area contributed by atoms with E-state index in [4.69, 9.17) is 9.15 Å². The van der Waals surface area contributed by atoms with Gasteiger partial charge in [-0.05, 0) is 17.7 Å². The average Bonchev–Trinajstić information content (AvgIpc) is 3.38. The number of nitrogens with zero attached hydrogens (tertiary/aromatic N) is 2. The topological polar surface area (TPSA) is 117 Å². The molecule has 1 N–H and O–H groups in total. The van der Waals surface area contributed by atoms with Crippen LogP contribution in [0.3, 0.4) is 0 Å².